The van der Waals surface area contributed by atoms with Crippen molar-refractivity contribution in [3.05, 3.63) is 47.3 Å². The molecule has 2 aromatic rings. The summed E-state index contributed by atoms with van der Waals surface area (Å²) in [6, 6.07) is 4.36. The van der Waals surface area contributed by atoms with Crippen molar-refractivity contribution in [3.63, 3.8) is 0 Å². The molecular weight excluding hydrogens is 257 g/mol. The molecule has 0 amide bonds. The minimum absolute atomic E-state index is 0.224. The van der Waals surface area contributed by atoms with Gasteiger partial charge in [0.2, 0.25) is 0 Å². The summed E-state index contributed by atoms with van der Waals surface area (Å²) in [6.07, 6.45) is 1.62. The first kappa shape index (κ1) is 14.4. The Morgan fingerprint density at radius 3 is 2.65 bits per heavy atom. The Balaban J connectivity index is 2.33. The van der Waals surface area contributed by atoms with E-state index in [1.165, 1.54) is 12.1 Å². The zero-order valence-corrected chi connectivity index (χ0v) is 11.9. The molecule has 0 bridgehead atoms. The number of rotatable bonds is 4. The number of hydrogen-bond acceptors (Lipinski definition) is 4. The molecule has 1 aromatic heterocycles. The van der Waals surface area contributed by atoms with Crippen molar-refractivity contribution in [2.75, 3.05) is 0 Å². The normalized spacial score (nSPS) is 10.9. The third-order valence-corrected chi connectivity index (χ3v) is 2.91. The van der Waals surface area contributed by atoms with Crippen molar-refractivity contribution in [1.82, 2.24) is 9.97 Å². The zero-order chi connectivity index (χ0) is 14.7. The Kier molecular flexibility index (Phi) is 4.29. The first-order chi connectivity index (χ1) is 9.51. The topological polar surface area (TPSA) is 61.0 Å². The summed E-state index contributed by atoms with van der Waals surface area (Å²) < 4.78 is 18.8. The minimum Gasteiger partial charge on any atom is -0.453 e. The standard InChI is InChI=1S/C15H18FN3O/c1-9(2)15-18-8-14(12(7-17)19-15)20-13-5-4-11(16)6-10(13)3/h4-6,8-9H,7,17H2,1-3H3. The summed E-state index contributed by atoms with van der Waals surface area (Å²) >= 11 is 0. The third-order valence-electron chi connectivity index (χ3n) is 2.91. The molecule has 0 atom stereocenters. The molecule has 0 saturated carbocycles. The van der Waals surface area contributed by atoms with Gasteiger partial charge in [-0.2, -0.15) is 0 Å². The Labute approximate surface area is 117 Å². The molecule has 106 valence electrons. The molecule has 2 rings (SSSR count). The fourth-order valence-corrected chi connectivity index (χ4v) is 1.78. The van der Waals surface area contributed by atoms with Gasteiger partial charge in [-0.1, -0.05) is 13.8 Å². The predicted molar refractivity (Wildman–Crippen MR) is 75.2 cm³/mol. The number of nitrogens with two attached hydrogens (primary N) is 1. The van der Waals surface area contributed by atoms with E-state index in [0.717, 1.165) is 5.82 Å². The van der Waals surface area contributed by atoms with Crippen molar-refractivity contribution in [2.24, 2.45) is 5.73 Å². The highest BCUT2D eigenvalue weighted by Gasteiger charge is 2.11. The molecule has 0 saturated heterocycles. The lowest BCUT2D eigenvalue weighted by Gasteiger charge is -2.13. The van der Waals surface area contributed by atoms with Gasteiger partial charge in [0, 0.05) is 12.5 Å². The SMILES string of the molecule is Cc1cc(F)ccc1Oc1cnc(C(C)C)nc1CN. The van der Waals surface area contributed by atoms with Gasteiger partial charge in [-0.3, -0.25) is 0 Å². The van der Waals surface area contributed by atoms with Gasteiger partial charge in [-0.05, 0) is 30.7 Å². The van der Waals surface area contributed by atoms with E-state index in [2.05, 4.69) is 9.97 Å². The fourth-order valence-electron chi connectivity index (χ4n) is 1.78. The molecule has 0 radical (unpaired) electrons. The summed E-state index contributed by atoms with van der Waals surface area (Å²) in [7, 11) is 0. The summed E-state index contributed by atoms with van der Waals surface area (Å²) in [5.41, 5.74) is 7.06. The van der Waals surface area contributed by atoms with Gasteiger partial charge in [-0.15, -0.1) is 0 Å². The van der Waals surface area contributed by atoms with Crippen LogP contribution in [0.15, 0.2) is 24.4 Å². The Morgan fingerprint density at radius 1 is 1.30 bits per heavy atom. The second-order valence-electron chi connectivity index (χ2n) is 4.91. The van der Waals surface area contributed by atoms with Crippen LogP contribution >= 0.6 is 0 Å². The van der Waals surface area contributed by atoms with Crippen LogP contribution in [0.4, 0.5) is 4.39 Å². The lowest BCUT2D eigenvalue weighted by atomic mass is 10.2. The minimum atomic E-state index is -0.291. The number of nitrogens with zero attached hydrogens (tertiary/aromatic N) is 2. The van der Waals surface area contributed by atoms with Crippen LogP contribution in [-0.4, -0.2) is 9.97 Å². The quantitative estimate of drug-likeness (QED) is 0.930. The number of aromatic nitrogens is 2. The van der Waals surface area contributed by atoms with Crippen molar-refractivity contribution in [3.8, 4) is 11.5 Å². The molecule has 4 nitrogen and oxygen atoms in total. The number of benzene rings is 1. The van der Waals surface area contributed by atoms with E-state index in [4.69, 9.17) is 10.5 Å². The van der Waals surface area contributed by atoms with Gasteiger partial charge >= 0.3 is 0 Å². The van der Waals surface area contributed by atoms with E-state index in [-0.39, 0.29) is 18.3 Å². The van der Waals surface area contributed by atoms with Crippen LogP contribution in [0.5, 0.6) is 11.5 Å². The number of ether oxygens (including phenoxy) is 1. The van der Waals surface area contributed by atoms with Gasteiger partial charge in [0.05, 0.1) is 6.20 Å². The van der Waals surface area contributed by atoms with Gasteiger partial charge in [0.25, 0.3) is 0 Å². The molecule has 5 heteroatoms. The van der Waals surface area contributed by atoms with E-state index in [1.807, 2.05) is 13.8 Å². The largest absolute Gasteiger partial charge is 0.453 e. The highest BCUT2D eigenvalue weighted by Crippen LogP contribution is 2.27. The van der Waals surface area contributed by atoms with E-state index >= 15 is 0 Å². The summed E-state index contributed by atoms with van der Waals surface area (Å²) in [6.45, 7) is 6.07. The maximum atomic E-state index is 13.1. The predicted octanol–water partition coefficient (Wildman–Crippen LogP) is 3.30. The monoisotopic (exact) mass is 275 g/mol. The van der Waals surface area contributed by atoms with E-state index in [9.17, 15) is 4.39 Å². The Morgan fingerprint density at radius 2 is 2.05 bits per heavy atom. The number of halogens is 1. The van der Waals surface area contributed by atoms with Crippen LogP contribution < -0.4 is 10.5 Å². The highest BCUT2D eigenvalue weighted by atomic mass is 19.1. The molecule has 0 aliphatic heterocycles. The molecular formula is C15H18FN3O. The molecule has 0 spiro atoms. The van der Waals surface area contributed by atoms with Crippen LogP contribution in [0.1, 0.15) is 36.8 Å². The van der Waals surface area contributed by atoms with E-state index in [0.29, 0.717) is 22.8 Å². The molecule has 0 fully saturated rings. The van der Waals surface area contributed by atoms with Crippen molar-refractivity contribution in [2.45, 2.75) is 33.2 Å². The molecule has 0 aliphatic carbocycles. The molecule has 1 aromatic carbocycles. The van der Waals surface area contributed by atoms with Gasteiger partial charge in [-0.25, -0.2) is 14.4 Å². The Bertz CT molecular complexity index is 614. The van der Waals surface area contributed by atoms with E-state index < -0.39 is 0 Å². The lowest BCUT2D eigenvalue weighted by Crippen LogP contribution is -2.07. The van der Waals surface area contributed by atoms with Crippen LogP contribution in [0.3, 0.4) is 0 Å². The van der Waals surface area contributed by atoms with Crippen LogP contribution in [-0.2, 0) is 6.54 Å². The molecule has 1 heterocycles. The van der Waals surface area contributed by atoms with Crippen molar-refractivity contribution < 1.29 is 9.13 Å². The second-order valence-corrected chi connectivity index (χ2v) is 4.91. The molecule has 20 heavy (non-hydrogen) atoms. The number of aryl methyl sites for hydroxylation is 1. The highest BCUT2D eigenvalue weighted by molar-refractivity contribution is 5.38. The van der Waals surface area contributed by atoms with Gasteiger partial charge in [0.15, 0.2) is 5.75 Å². The maximum Gasteiger partial charge on any atom is 0.168 e. The smallest absolute Gasteiger partial charge is 0.168 e. The summed E-state index contributed by atoms with van der Waals surface area (Å²) in [4.78, 5) is 8.66. The van der Waals surface area contributed by atoms with Crippen LogP contribution in [0, 0.1) is 12.7 Å². The average Bonchev–Trinajstić information content (AvgIpc) is 2.42. The lowest BCUT2D eigenvalue weighted by molar-refractivity contribution is 0.462. The first-order valence-electron chi connectivity index (χ1n) is 6.51. The first-order valence-corrected chi connectivity index (χ1v) is 6.51. The van der Waals surface area contributed by atoms with Gasteiger partial charge < -0.3 is 10.5 Å². The third kappa shape index (κ3) is 3.11. The second kappa shape index (κ2) is 5.96. The molecule has 0 unspecified atom stereocenters. The van der Waals surface area contributed by atoms with Crippen molar-refractivity contribution in [1.29, 1.82) is 0 Å². The van der Waals surface area contributed by atoms with Crippen molar-refractivity contribution >= 4 is 0 Å². The van der Waals surface area contributed by atoms with Gasteiger partial charge in [0.1, 0.15) is 23.1 Å². The van der Waals surface area contributed by atoms with Crippen LogP contribution in [0.2, 0.25) is 0 Å². The average molecular weight is 275 g/mol. The van der Waals surface area contributed by atoms with Crippen LogP contribution in [0.25, 0.3) is 0 Å². The fraction of sp³-hybridized carbons (Fsp3) is 0.333. The maximum absolute atomic E-state index is 13.1. The number of hydrogen-bond donors (Lipinski definition) is 1. The zero-order valence-electron chi connectivity index (χ0n) is 11.9. The summed E-state index contributed by atoms with van der Waals surface area (Å²) in [5.74, 6) is 1.74. The Hall–Kier alpha value is -2.01. The molecule has 0 aliphatic rings. The van der Waals surface area contributed by atoms with E-state index in [1.54, 1.807) is 19.2 Å². The summed E-state index contributed by atoms with van der Waals surface area (Å²) in [5, 5.41) is 0. The molecule has 2 N–H and O–H groups in total.